The molecule has 4 nitrogen and oxygen atoms in total. The van der Waals surface area contributed by atoms with Crippen molar-refractivity contribution >= 4 is 11.3 Å². The summed E-state index contributed by atoms with van der Waals surface area (Å²) in [4.78, 5) is 10.9. The van der Waals surface area contributed by atoms with E-state index in [2.05, 4.69) is 20.9 Å². The van der Waals surface area contributed by atoms with Gasteiger partial charge in [0.1, 0.15) is 5.01 Å². The molecule has 0 bridgehead atoms. The second-order valence-electron chi connectivity index (χ2n) is 4.31. The summed E-state index contributed by atoms with van der Waals surface area (Å²) in [5.41, 5.74) is 1.15. The first-order valence-corrected chi connectivity index (χ1v) is 6.92. The Bertz CT molecular complexity index is 474. The van der Waals surface area contributed by atoms with Crippen LogP contribution in [0.2, 0.25) is 0 Å². The summed E-state index contributed by atoms with van der Waals surface area (Å²) in [6.07, 6.45) is 5.67. The van der Waals surface area contributed by atoms with E-state index in [4.69, 9.17) is 4.74 Å². The van der Waals surface area contributed by atoms with Gasteiger partial charge >= 0.3 is 0 Å². The fourth-order valence-electron chi connectivity index (χ4n) is 2.14. The molecule has 1 fully saturated rings. The van der Waals surface area contributed by atoms with Crippen LogP contribution in [0, 0.1) is 0 Å². The summed E-state index contributed by atoms with van der Waals surface area (Å²) in [6.45, 7) is 3.56. The third-order valence-electron chi connectivity index (χ3n) is 3.05. The summed E-state index contributed by atoms with van der Waals surface area (Å²) in [6, 6.07) is 4.03. The van der Waals surface area contributed by atoms with Crippen LogP contribution in [0.25, 0.3) is 0 Å². The summed E-state index contributed by atoms with van der Waals surface area (Å²) in [7, 11) is 0. The zero-order valence-corrected chi connectivity index (χ0v) is 10.8. The molecule has 0 aliphatic carbocycles. The maximum Gasteiger partial charge on any atom is 0.107 e. The lowest BCUT2D eigenvalue weighted by Crippen LogP contribution is -2.37. The van der Waals surface area contributed by atoms with Crippen LogP contribution in [0.4, 0.5) is 0 Å². The van der Waals surface area contributed by atoms with Crippen LogP contribution in [0.3, 0.4) is 0 Å². The van der Waals surface area contributed by atoms with Crippen LogP contribution >= 0.6 is 11.3 Å². The normalized spacial score (nSPS) is 21.0. The first-order chi connectivity index (χ1) is 8.92. The van der Waals surface area contributed by atoms with Crippen molar-refractivity contribution in [3.8, 4) is 0 Å². The van der Waals surface area contributed by atoms with Crippen LogP contribution in [-0.4, -0.2) is 34.6 Å². The zero-order chi connectivity index (χ0) is 12.2. The van der Waals surface area contributed by atoms with Gasteiger partial charge in [-0.1, -0.05) is 6.07 Å². The van der Waals surface area contributed by atoms with Crippen molar-refractivity contribution in [3.63, 3.8) is 0 Å². The van der Waals surface area contributed by atoms with Crippen molar-refractivity contribution < 1.29 is 4.74 Å². The molecule has 18 heavy (non-hydrogen) atoms. The fourth-order valence-corrected chi connectivity index (χ4v) is 2.79. The first kappa shape index (κ1) is 11.8. The van der Waals surface area contributed by atoms with Gasteiger partial charge in [0.05, 0.1) is 19.3 Å². The van der Waals surface area contributed by atoms with Crippen LogP contribution < -0.4 is 0 Å². The van der Waals surface area contributed by atoms with Crippen molar-refractivity contribution in [3.05, 3.63) is 46.7 Å². The Morgan fingerprint density at radius 1 is 1.44 bits per heavy atom. The molecule has 1 saturated heterocycles. The standard InChI is InChI=1S/C13H15N3OS/c1-2-11(8-14-3-1)12-9-16(5-6-17-12)10-13-15-4-7-18-13/h1-4,7-8,12H,5-6,9-10H2. The average Bonchev–Trinajstić information content (AvgIpc) is 2.93. The Hall–Kier alpha value is -1.30. The molecule has 1 unspecified atom stereocenters. The molecule has 0 aromatic carbocycles. The van der Waals surface area contributed by atoms with Gasteiger partial charge in [-0.3, -0.25) is 9.88 Å². The monoisotopic (exact) mass is 261 g/mol. The van der Waals surface area contributed by atoms with Crippen LogP contribution in [0.15, 0.2) is 36.1 Å². The second-order valence-corrected chi connectivity index (χ2v) is 5.29. The number of nitrogens with zero attached hydrogens (tertiary/aromatic N) is 3. The summed E-state index contributed by atoms with van der Waals surface area (Å²) in [5.74, 6) is 0. The van der Waals surface area contributed by atoms with E-state index in [1.165, 1.54) is 5.01 Å². The van der Waals surface area contributed by atoms with Gasteiger partial charge < -0.3 is 4.74 Å². The highest BCUT2D eigenvalue weighted by molar-refractivity contribution is 7.09. The number of pyridine rings is 1. The molecular formula is C13H15N3OS. The molecule has 0 N–H and O–H groups in total. The Labute approximate surface area is 110 Å². The lowest BCUT2D eigenvalue weighted by Gasteiger charge is -2.32. The topological polar surface area (TPSA) is 38.2 Å². The van der Waals surface area contributed by atoms with Crippen LogP contribution in [0.5, 0.6) is 0 Å². The fraction of sp³-hybridized carbons (Fsp3) is 0.385. The molecule has 1 atom stereocenters. The Morgan fingerprint density at radius 2 is 2.44 bits per heavy atom. The molecular weight excluding hydrogens is 246 g/mol. The molecule has 3 heterocycles. The third kappa shape index (κ3) is 2.75. The predicted octanol–water partition coefficient (Wildman–Crippen LogP) is 2.11. The number of morpholine rings is 1. The van der Waals surface area contributed by atoms with Crippen molar-refractivity contribution in [1.29, 1.82) is 0 Å². The third-order valence-corrected chi connectivity index (χ3v) is 3.81. The average molecular weight is 261 g/mol. The van der Waals surface area contributed by atoms with Gasteiger partial charge in [-0.15, -0.1) is 11.3 Å². The molecule has 2 aromatic heterocycles. The number of thiazole rings is 1. The second kappa shape index (κ2) is 5.56. The molecule has 0 spiro atoms. The molecule has 5 heteroatoms. The smallest absolute Gasteiger partial charge is 0.107 e. The van der Waals surface area contributed by atoms with Gasteiger partial charge in [-0.05, 0) is 6.07 Å². The number of hydrogen-bond acceptors (Lipinski definition) is 5. The van der Waals surface area contributed by atoms with Crippen molar-refractivity contribution in [2.24, 2.45) is 0 Å². The molecule has 2 aromatic rings. The number of rotatable bonds is 3. The number of hydrogen-bond donors (Lipinski definition) is 0. The zero-order valence-electron chi connectivity index (χ0n) is 10.0. The maximum atomic E-state index is 5.81. The molecule has 1 aliphatic heterocycles. The van der Waals surface area contributed by atoms with Crippen LogP contribution in [-0.2, 0) is 11.3 Å². The van der Waals surface area contributed by atoms with E-state index < -0.39 is 0 Å². The van der Waals surface area contributed by atoms with Crippen molar-refractivity contribution in [2.75, 3.05) is 19.7 Å². The molecule has 0 amide bonds. The highest BCUT2D eigenvalue weighted by Gasteiger charge is 2.22. The molecule has 0 radical (unpaired) electrons. The van der Waals surface area contributed by atoms with Gasteiger partial charge in [0.2, 0.25) is 0 Å². The molecule has 94 valence electrons. The molecule has 0 saturated carbocycles. The van der Waals surface area contributed by atoms with E-state index in [1.54, 1.807) is 17.5 Å². The Balaban J connectivity index is 1.65. The minimum absolute atomic E-state index is 0.132. The van der Waals surface area contributed by atoms with E-state index in [0.29, 0.717) is 0 Å². The SMILES string of the molecule is c1cncc(C2CN(Cc3nccs3)CCO2)c1. The van der Waals surface area contributed by atoms with Gasteiger partial charge in [0.15, 0.2) is 0 Å². The summed E-state index contributed by atoms with van der Waals surface area (Å²) in [5, 5.41) is 3.19. The highest BCUT2D eigenvalue weighted by atomic mass is 32.1. The molecule has 3 rings (SSSR count). The molecule has 1 aliphatic rings. The van der Waals surface area contributed by atoms with E-state index >= 15 is 0 Å². The van der Waals surface area contributed by atoms with Crippen LogP contribution in [0.1, 0.15) is 16.7 Å². The predicted molar refractivity (Wildman–Crippen MR) is 70.3 cm³/mol. The van der Waals surface area contributed by atoms with E-state index in [-0.39, 0.29) is 6.10 Å². The number of ether oxygens (including phenoxy) is 1. The van der Waals surface area contributed by atoms with Crippen molar-refractivity contribution in [1.82, 2.24) is 14.9 Å². The summed E-state index contributed by atoms with van der Waals surface area (Å²) < 4.78 is 5.81. The van der Waals surface area contributed by atoms with Gasteiger partial charge in [0.25, 0.3) is 0 Å². The summed E-state index contributed by atoms with van der Waals surface area (Å²) >= 11 is 1.71. The number of aromatic nitrogens is 2. The van der Waals surface area contributed by atoms with Gasteiger partial charge in [0, 0.05) is 42.6 Å². The van der Waals surface area contributed by atoms with Crippen molar-refractivity contribution in [2.45, 2.75) is 12.6 Å². The lowest BCUT2D eigenvalue weighted by atomic mass is 10.1. The van der Waals surface area contributed by atoms with E-state index in [9.17, 15) is 0 Å². The van der Waals surface area contributed by atoms with Gasteiger partial charge in [-0.25, -0.2) is 4.98 Å². The minimum Gasteiger partial charge on any atom is -0.371 e. The van der Waals surface area contributed by atoms with E-state index in [1.807, 2.05) is 23.8 Å². The minimum atomic E-state index is 0.132. The highest BCUT2D eigenvalue weighted by Crippen LogP contribution is 2.22. The largest absolute Gasteiger partial charge is 0.371 e. The Morgan fingerprint density at radius 3 is 3.22 bits per heavy atom. The Kier molecular flexibility index (Phi) is 3.64. The quantitative estimate of drug-likeness (QED) is 0.848. The van der Waals surface area contributed by atoms with E-state index in [0.717, 1.165) is 31.8 Å². The lowest BCUT2D eigenvalue weighted by molar-refractivity contribution is -0.0330. The first-order valence-electron chi connectivity index (χ1n) is 6.04. The van der Waals surface area contributed by atoms with Gasteiger partial charge in [-0.2, -0.15) is 0 Å². The maximum absolute atomic E-state index is 5.81.